The molecule has 0 atom stereocenters. The third-order valence-corrected chi connectivity index (χ3v) is 3.22. The third-order valence-electron chi connectivity index (χ3n) is 3.22. The molecule has 2 rings (SSSR count). The minimum atomic E-state index is -0.199. The fraction of sp³-hybridized carbons (Fsp3) is 0.400. The summed E-state index contributed by atoms with van der Waals surface area (Å²) >= 11 is 0. The molecule has 112 valence electrons. The predicted molar refractivity (Wildman–Crippen MR) is 78.4 cm³/mol. The fourth-order valence-electron chi connectivity index (χ4n) is 2.07. The lowest BCUT2D eigenvalue weighted by Crippen LogP contribution is -2.31. The molecule has 0 spiro atoms. The lowest BCUT2D eigenvalue weighted by Gasteiger charge is -2.07. The van der Waals surface area contributed by atoms with Gasteiger partial charge in [0.2, 0.25) is 0 Å². The number of aryl methyl sites for hydroxylation is 3. The molecule has 6 heteroatoms. The van der Waals surface area contributed by atoms with Gasteiger partial charge < -0.3 is 9.73 Å². The van der Waals surface area contributed by atoms with E-state index in [0.717, 1.165) is 12.1 Å². The summed E-state index contributed by atoms with van der Waals surface area (Å²) in [5, 5.41) is 2.77. The van der Waals surface area contributed by atoms with E-state index in [0.29, 0.717) is 30.2 Å². The summed E-state index contributed by atoms with van der Waals surface area (Å²) in [5.74, 6) is 1.10. The summed E-state index contributed by atoms with van der Waals surface area (Å²) < 4.78 is 6.80. The van der Waals surface area contributed by atoms with E-state index < -0.39 is 0 Å². The topological polar surface area (TPSA) is 77.1 Å². The van der Waals surface area contributed by atoms with E-state index in [-0.39, 0.29) is 11.5 Å². The number of amides is 1. The highest BCUT2D eigenvalue weighted by molar-refractivity contribution is 5.95. The van der Waals surface area contributed by atoms with Gasteiger partial charge in [0.1, 0.15) is 11.5 Å². The van der Waals surface area contributed by atoms with Crippen LogP contribution in [-0.2, 0) is 13.0 Å². The van der Waals surface area contributed by atoms with Gasteiger partial charge in [-0.2, -0.15) is 0 Å². The Bertz CT molecular complexity index is 700. The number of aromatic nitrogens is 2. The van der Waals surface area contributed by atoms with Gasteiger partial charge in [0.25, 0.3) is 11.5 Å². The van der Waals surface area contributed by atoms with Gasteiger partial charge in [-0.05, 0) is 26.3 Å². The Morgan fingerprint density at radius 2 is 2.14 bits per heavy atom. The van der Waals surface area contributed by atoms with Gasteiger partial charge in [-0.3, -0.25) is 14.2 Å². The SMILES string of the molecule is CCc1cc(=O)n(CCNC(=O)c2cc(C)oc2C)cn1. The number of nitrogens with one attached hydrogen (secondary N) is 1. The van der Waals surface area contributed by atoms with Crippen molar-refractivity contribution in [3.05, 3.63) is 51.6 Å². The van der Waals surface area contributed by atoms with E-state index in [2.05, 4.69) is 10.3 Å². The van der Waals surface area contributed by atoms with Gasteiger partial charge in [0.15, 0.2) is 0 Å². The van der Waals surface area contributed by atoms with Gasteiger partial charge in [0.05, 0.1) is 11.9 Å². The molecule has 6 nitrogen and oxygen atoms in total. The molecule has 1 N–H and O–H groups in total. The van der Waals surface area contributed by atoms with Crippen molar-refractivity contribution in [3.8, 4) is 0 Å². The molecule has 0 aliphatic carbocycles. The van der Waals surface area contributed by atoms with Crippen molar-refractivity contribution >= 4 is 5.91 Å². The summed E-state index contributed by atoms with van der Waals surface area (Å²) in [6.07, 6.45) is 2.24. The Labute approximate surface area is 122 Å². The molecule has 0 fully saturated rings. The highest BCUT2D eigenvalue weighted by Crippen LogP contribution is 2.13. The maximum atomic E-state index is 12.0. The summed E-state index contributed by atoms with van der Waals surface area (Å²) in [5.41, 5.74) is 1.19. The van der Waals surface area contributed by atoms with Crippen molar-refractivity contribution in [2.75, 3.05) is 6.54 Å². The van der Waals surface area contributed by atoms with Crippen LogP contribution in [0.3, 0.4) is 0 Å². The maximum absolute atomic E-state index is 12.0. The standard InChI is InChI=1S/C15H19N3O3/c1-4-12-8-14(19)18(9-17-12)6-5-16-15(20)13-7-10(2)21-11(13)3/h7-9H,4-6H2,1-3H3,(H,16,20). The summed E-state index contributed by atoms with van der Waals surface area (Å²) in [4.78, 5) is 27.9. The van der Waals surface area contributed by atoms with E-state index in [1.807, 2.05) is 6.92 Å². The van der Waals surface area contributed by atoms with Crippen molar-refractivity contribution in [1.82, 2.24) is 14.9 Å². The summed E-state index contributed by atoms with van der Waals surface area (Å²) in [6, 6.07) is 3.22. The van der Waals surface area contributed by atoms with E-state index >= 15 is 0 Å². The number of nitrogens with zero attached hydrogens (tertiary/aromatic N) is 2. The van der Waals surface area contributed by atoms with Crippen molar-refractivity contribution in [2.45, 2.75) is 33.7 Å². The number of furan rings is 1. The van der Waals surface area contributed by atoms with Crippen molar-refractivity contribution < 1.29 is 9.21 Å². The van der Waals surface area contributed by atoms with Crippen LogP contribution >= 0.6 is 0 Å². The number of carbonyl (C=O) groups is 1. The first-order valence-corrected chi connectivity index (χ1v) is 6.92. The Kier molecular flexibility index (Phi) is 4.57. The summed E-state index contributed by atoms with van der Waals surface area (Å²) in [7, 11) is 0. The van der Waals surface area contributed by atoms with Gasteiger partial charge in [0, 0.05) is 24.8 Å². The molecule has 21 heavy (non-hydrogen) atoms. The second-order valence-corrected chi connectivity index (χ2v) is 4.85. The van der Waals surface area contributed by atoms with Crippen LogP contribution in [0.5, 0.6) is 0 Å². The number of rotatable bonds is 5. The Morgan fingerprint density at radius 3 is 2.71 bits per heavy atom. The van der Waals surface area contributed by atoms with Gasteiger partial charge in [-0.15, -0.1) is 0 Å². The zero-order valence-corrected chi connectivity index (χ0v) is 12.5. The average molecular weight is 289 g/mol. The van der Waals surface area contributed by atoms with E-state index in [9.17, 15) is 9.59 Å². The zero-order chi connectivity index (χ0) is 15.4. The molecule has 2 aromatic heterocycles. The molecule has 0 aliphatic rings. The van der Waals surface area contributed by atoms with E-state index in [1.54, 1.807) is 19.9 Å². The second kappa shape index (κ2) is 6.39. The second-order valence-electron chi connectivity index (χ2n) is 4.85. The van der Waals surface area contributed by atoms with Crippen molar-refractivity contribution in [2.24, 2.45) is 0 Å². The third kappa shape index (κ3) is 3.59. The largest absolute Gasteiger partial charge is 0.466 e. The zero-order valence-electron chi connectivity index (χ0n) is 12.5. The minimum absolute atomic E-state index is 0.105. The molecular weight excluding hydrogens is 270 g/mol. The Balaban J connectivity index is 1.94. The Morgan fingerprint density at radius 1 is 1.38 bits per heavy atom. The molecule has 0 bridgehead atoms. The Hall–Kier alpha value is -2.37. The van der Waals surface area contributed by atoms with Crippen LogP contribution in [0, 0.1) is 13.8 Å². The molecule has 0 unspecified atom stereocenters. The smallest absolute Gasteiger partial charge is 0.254 e. The van der Waals surface area contributed by atoms with Crippen molar-refractivity contribution in [1.29, 1.82) is 0 Å². The average Bonchev–Trinajstić information content (AvgIpc) is 2.79. The van der Waals surface area contributed by atoms with Crippen LogP contribution in [0.4, 0.5) is 0 Å². The van der Waals surface area contributed by atoms with Crippen molar-refractivity contribution in [3.63, 3.8) is 0 Å². The first-order chi connectivity index (χ1) is 10.0. The lowest BCUT2D eigenvalue weighted by molar-refractivity contribution is 0.0950. The number of hydrogen-bond donors (Lipinski definition) is 1. The highest BCUT2D eigenvalue weighted by atomic mass is 16.3. The minimum Gasteiger partial charge on any atom is -0.466 e. The molecule has 2 heterocycles. The maximum Gasteiger partial charge on any atom is 0.254 e. The molecule has 0 radical (unpaired) electrons. The van der Waals surface area contributed by atoms with Gasteiger partial charge in [-0.25, -0.2) is 4.98 Å². The molecule has 2 aromatic rings. The molecule has 0 saturated heterocycles. The highest BCUT2D eigenvalue weighted by Gasteiger charge is 2.12. The number of hydrogen-bond acceptors (Lipinski definition) is 4. The van der Waals surface area contributed by atoms with Crippen LogP contribution in [0.25, 0.3) is 0 Å². The van der Waals surface area contributed by atoms with Gasteiger partial charge in [-0.1, -0.05) is 6.92 Å². The monoisotopic (exact) mass is 289 g/mol. The van der Waals surface area contributed by atoms with Crippen LogP contribution in [0.2, 0.25) is 0 Å². The van der Waals surface area contributed by atoms with Crippen LogP contribution < -0.4 is 10.9 Å². The number of carbonyl (C=O) groups excluding carboxylic acids is 1. The molecule has 1 amide bonds. The molecular formula is C15H19N3O3. The van der Waals surface area contributed by atoms with E-state index in [1.165, 1.54) is 17.0 Å². The summed E-state index contributed by atoms with van der Waals surface area (Å²) in [6.45, 7) is 6.23. The quantitative estimate of drug-likeness (QED) is 0.903. The van der Waals surface area contributed by atoms with Crippen LogP contribution in [0.1, 0.15) is 34.5 Å². The van der Waals surface area contributed by atoms with E-state index in [4.69, 9.17) is 4.42 Å². The molecule has 0 aromatic carbocycles. The first-order valence-electron chi connectivity index (χ1n) is 6.92. The molecule has 0 saturated carbocycles. The first kappa shape index (κ1) is 15.0. The predicted octanol–water partition coefficient (Wildman–Crippen LogP) is 1.45. The fourth-order valence-corrected chi connectivity index (χ4v) is 2.07. The normalized spacial score (nSPS) is 10.6. The van der Waals surface area contributed by atoms with Crippen LogP contribution in [0.15, 0.2) is 27.7 Å². The van der Waals surface area contributed by atoms with Gasteiger partial charge >= 0.3 is 0 Å². The lowest BCUT2D eigenvalue weighted by atomic mass is 10.2. The molecule has 0 aliphatic heterocycles. The van der Waals surface area contributed by atoms with Crippen LogP contribution in [-0.4, -0.2) is 22.0 Å².